The number of alkyl halides is 1. The minimum absolute atomic E-state index is 0.0133. The van der Waals surface area contributed by atoms with Gasteiger partial charge in [-0.05, 0) is 35.8 Å². The van der Waals surface area contributed by atoms with E-state index >= 15 is 0 Å². The fourth-order valence-electron chi connectivity index (χ4n) is 4.30. The van der Waals surface area contributed by atoms with Crippen LogP contribution in [0, 0.1) is 16.2 Å². The van der Waals surface area contributed by atoms with E-state index in [1.807, 2.05) is 0 Å². The summed E-state index contributed by atoms with van der Waals surface area (Å²) >= 11 is 16.1. The Labute approximate surface area is 143 Å². The summed E-state index contributed by atoms with van der Waals surface area (Å²) in [5.74, 6) is 0.0133. The molecule has 0 spiro atoms. The van der Waals surface area contributed by atoms with Crippen molar-refractivity contribution in [3.8, 4) is 0 Å². The monoisotopic (exact) mass is 389 g/mol. The number of hydrogen-bond donors (Lipinski definition) is 1. The SMILES string of the molecule is CC12CCC(C(=O)Nc3c(Cl)cccc3Cl)(C1Br)C2(C)C. The van der Waals surface area contributed by atoms with Gasteiger partial charge in [-0.15, -0.1) is 0 Å². The van der Waals surface area contributed by atoms with Crippen LogP contribution in [0.5, 0.6) is 0 Å². The third-order valence-corrected chi connectivity index (χ3v) is 8.60. The predicted octanol–water partition coefficient (Wildman–Crippen LogP) is 5.52. The minimum Gasteiger partial charge on any atom is -0.323 e. The molecular weight excluding hydrogens is 373 g/mol. The van der Waals surface area contributed by atoms with Gasteiger partial charge in [0.2, 0.25) is 5.91 Å². The average Bonchev–Trinajstić information content (AvgIpc) is 2.82. The minimum atomic E-state index is -0.399. The van der Waals surface area contributed by atoms with Gasteiger partial charge in [0.15, 0.2) is 0 Å². The fourth-order valence-corrected chi connectivity index (χ4v) is 6.60. The van der Waals surface area contributed by atoms with Gasteiger partial charge in [-0.25, -0.2) is 0 Å². The zero-order chi connectivity index (χ0) is 15.6. The second kappa shape index (κ2) is 4.62. The number of halogens is 3. The van der Waals surface area contributed by atoms with E-state index in [2.05, 4.69) is 42.0 Å². The lowest BCUT2D eigenvalue weighted by Crippen LogP contribution is -2.68. The Balaban J connectivity index is 1.94. The van der Waals surface area contributed by atoms with E-state index in [9.17, 15) is 4.79 Å². The molecule has 0 saturated heterocycles. The Morgan fingerprint density at radius 3 is 2.24 bits per heavy atom. The molecule has 0 heterocycles. The van der Waals surface area contributed by atoms with E-state index in [4.69, 9.17) is 23.2 Å². The zero-order valence-corrected chi connectivity index (χ0v) is 15.4. The molecule has 1 aromatic carbocycles. The van der Waals surface area contributed by atoms with Crippen LogP contribution >= 0.6 is 39.1 Å². The molecule has 0 aromatic heterocycles. The first kappa shape index (κ1) is 15.6. The van der Waals surface area contributed by atoms with Crippen molar-refractivity contribution in [3.63, 3.8) is 0 Å². The van der Waals surface area contributed by atoms with E-state index in [1.165, 1.54) is 0 Å². The quantitative estimate of drug-likeness (QED) is 0.661. The number of benzene rings is 1. The van der Waals surface area contributed by atoms with E-state index < -0.39 is 5.41 Å². The molecule has 0 radical (unpaired) electrons. The summed E-state index contributed by atoms with van der Waals surface area (Å²) in [6.45, 7) is 6.63. The van der Waals surface area contributed by atoms with Crippen molar-refractivity contribution >= 4 is 50.7 Å². The van der Waals surface area contributed by atoms with Crippen LogP contribution in [0.15, 0.2) is 18.2 Å². The van der Waals surface area contributed by atoms with Crippen LogP contribution in [0.3, 0.4) is 0 Å². The number of rotatable bonds is 2. The predicted molar refractivity (Wildman–Crippen MR) is 91.4 cm³/mol. The second-order valence-corrected chi connectivity index (χ2v) is 8.66. The molecule has 1 N–H and O–H groups in total. The molecule has 3 aliphatic carbocycles. The van der Waals surface area contributed by atoms with Gasteiger partial charge in [-0.1, -0.05) is 66.0 Å². The third kappa shape index (κ3) is 1.69. The molecule has 1 aromatic rings. The molecule has 114 valence electrons. The van der Waals surface area contributed by atoms with Crippen molar-refractivity contribution in [3.05, 3.63) is 28.2 Å². The fraction of sp³-hybridized carbons (Fsp3) is 0.562. The second-order valence-electron chi connectivity index (χ2n) is 6.93. The maximum Gasteiger partial charge on any atom is 0.232 e. The van der Waals surface area contributed by atoms with Crippen molar-refractivity contribution < 1.29 is 4.79 Å². The van der Waals surface area contributed by atoms with Crippen LogP contribution in [0.25, 0.3) is 0 Å². The Kier molecular flexibility index (Phi) is 3.44. The van der Waals surface area contributed by atoms with Gasteiger partial charge in [-0.3, -0.25) is 4.79 Å². The van der Waals surface area contributed by atoms with Crippen molar-refractivity contribution in [1.82, 2.24) is 0 Å². The van der Waals surface area contributed by atoms with E-state index in [-0.39, 0.29) is 21.6 Å². The Bertz CT molecular complexity index is 612. The summed E-state index contributed by atoms with van der Waals surface area (Å²) in [7, 11) is 0. The van der Waals surface area contributed by atoms with Gasteiger partial charge in [0.05, 0.1) is 21.1 Å². The summed E-state index contributed by atoms with van der Waals surface area (Å²) in [5.41, 5.74) is 0.224. The van der Waals surface area contributed by atoms with Gasteiger partial charge in [0.25, 0.3) is 0 Å². The van der Waals surface area contributed by atoms with Crippen LogP contribution in [-0.4, -0.2) is 10.7 Å². The number of amides is 1. The summed E-state index contributed by atoms with van der Waals surface area (Å²) in [5, 5.41) is 3.91. The van der Waals surface area contributed by atoms with Crippen LogP contribution in [0.4, 0.5) is 5.69 Å². The van der Waals surface area contributed by atoms with Crippen LogP contribution < -0.4 is 5.32 Å². The maximum atomic E-state index is 13.0. The van der Waals surface area contributed by atoms with Crippen molar-refractivity contribution in [2.75, 3.05) is 5.32 Å². The van der Waals surface area contributed by atoms with E-state index in [0.29, 0.717) is 15.7 Å². The van der Waals surface area contributed by atoms with Crippen LogP contribution in [-0.2, 0) is 4.79 Å². The highest BCUT2D eigenvalue weighted by molar-refractivity contribution is 9.09. The lowest BCUT2D eigenvalue weighted by atomic mass is 9.43. The van der Waals surface area contributed by atoms with Gasteiger partial charge in [0.1, 0.15) is 0 Å². The Hall–Kier alpha value is -0.250. The molecule has 3 saturated carbocycles. The van der Waals surface area contributed by atoms with Crippen molar-refractivity contribution in [2.45, 2.75) is 38.4 Å². The number of fused-ring (bicyclic) bond motifs is 1. The molecular formula is C16H18BrCl2NO. The summed E-state index contributed by atoms with van der Waals surface area (Å²) < 4.78 is 0. The molecule has 21 heavy (non-hydrogen) atoms. The zero-order valence-electron chi connectivity index (χ0n) is 12.3. The molecule has 2 nitrogen and oxygen atoms in total. The lowest BCUT2D eigenvalue weighted by Gasteiger charge is -2.64. The highest BCUT2D eigenvalue weighted by Crippen LogP contribution is 2.79. The van der Waals surface area contributed by atoms with Crippen LogP contribution in [0.1, 0.15) is 33.6 Å². The van der Waals surface area contributed by atoms with Gasteiger partial charge in [0, 0.05) is 4.83 Å². The number of hydrogen-bond acceptors (Lipinski definition) is 1. The largest absolute Gasteiger partial charge is 0.323 e. The van der Waals surface area contributed by atoms with E-state index in [0.717, 1.165) is 12.8 Å². The molecule has 3 unspecified atom stereocenters. The van der Waals surface area contributed by atoms with Crippen molar-refractivity contribution in [1.29, 1.82) is 0 Å². The molecule has 4 rings (SSSR count). The summed E-state index contributed by atoms with van der Waals surface area (Å²) in [6.07, 6.45) is 1.94. The molecule has 5 heteroatoms. The maximum absolute atomic E-state index is 13.0. The highest BCUT2D eigenvalue weighted by atomic mass is 79.9. The standard InChI is InChI=1S/C16H18BrCl2NO/c1-14(2)15(3)7-8-16(14,12(15)17)13(21)20-11-9(18)5-4-6-10(11)19/h4-6,12H,7-8H2,1-3H3,(H,20,21). The van der Waals surface area contributed by atoms with Gasteiger partial charge < -0.3 is 5.32 Å². The first-order valence-corrected chi connectivity index (χ1v) is 8.75. The number of nitrogens with one attached hydrogen (secondary N) is 1. The summed E-state index contributed by atoms with van der Waals surface area (Å²) in [6, 6.07) is 5.24. The number of carbonyl (C=O) groups is 1. The molecule has 1 amide bonds. The average molecular weight is 391 g/mol. The first-order chi connectivity index (χ1) is 9.68. The van der Waals surface area contributed by atoms with Gasteiger partial charge >= 0.3 is 0 Å². The number of carbonyl (C=O) groups excluding carboxylic acids is 1. The number of anilines is 1. The van der Waals surface area contributed by atoms with Gasteiger partial charge in [-0.2, -0.15) is 0 Å². The van der Waals surface area contributed by atoms with E-state index in [1.54, 1.807) is 18.2 Å². The molecule has 2 bridgehead atoms. The smallest absolute Gasteiger partial charge is 0.232 e. The number of para-hydroxylation sites is 1. The molecule has 3 fully saturated rings. The summed E-state index contributed by atoms with van der Waals surface area (Å²) in [4.78, 5) is 13.2. The third-order valence-electron chi connectivity index (χ3n) is 6.18. The first-order valence-electron chi connectivity index (χ1n) is 7.08. The lowest BCUT2D eigenvalue weighted by molar-refractivity contribution is -0.155. The normalized spacial score (nSPS) is 36.2. The molecule has 3 aliphatic rings. The Morgan fingerprint density at radius 2 is 1.81 bits per heavy atom. The Morgan fingerprint density at radius 1 is 1.24 bits per heavy atom. The highest BCUT2D eigenvalue weighted by Gasteiger charge is 2.80. The van der Waals surface area contributed by atoms with Crippen molar-refractivity contribution in [2.24, 2.45) is 16.2 Å². The van der Waals surface area contributed by atoms with Crippen LogP contribution in [0.2, 0.25) is 10.0 Å². The molecule has 0 aliphatic heterocycles. The molecule has 3 atom stereocenters. The topological polar surface area (TPSA) is 29.1 Å².